The summed E-state index contributed by atoms with van der Waals surface area (Å²) in [6, 6.07) is 19.0. The second kappa shape index (κ2) is 5.36. The zero-order valence-corrected chi connectivity index (χ0v) is 13.2. The van der Waals surface area contributed by atoms with Crippen LogP contribution < -0.4 is 0 Å². The number of nitrogens with zero attached hydrogens (tertiary/aromatic N) is 3. The minimum Gasteiger partial charge on any atom is -0.256 e. The predicted molar refractivity (Wildman–Crippen MR) is 93.8 cm³/mol. The maximum absolute atomic E-state index is 4.53. The molecule has 0 fully saturated rings. The van der Waals surface area contributed by atoms with Crippen LogP contribution >= 0.6 is 0 Å². The molecule has 2 heterocycles. The molecular weight excluding hydrogens is 282 g/mol. The summed E-state index contributed by atoms with van der Waals surface area (Å²) in [4.78, 5) is 4.45. The number of fused-ring (bicyclic) bond motifs is 1. The summed E-state index contributed by atoms with van der Waals surface area (Å²) < 4.78 is 1.94. The first-order chi connectivity index (χ1) is 11.2. The number of pyridine rings is 1. The van der Waals surface area contributed by atoms with Crippen molar-refractivity contribution < 1.29 is 0 Å². The van der Waals surface area contributed by atoms with Gasteiger partial charge in [0.1, 0.15) is 0 Å². The smallest absolute Gasteiger partial charge is 0.0708 e. The summed E-state index contributed by atoms with van der Waals surface area (Å²) in [6.45, 7) is 4.11. The highest BCUT2D eigenvalue weighted by atomic mass is 15.3. The van der Waals surface area contributed by atoms with Crippen LogP contribution in [0.4, 0.5) is 0 Å². The normalized spacial score (nSPS) is 11.0. The van der Waals surface area contributed by atoms with E-state index >= 15 is 0 Å². The number of aryl methyl sites for hydroxylation is 2. The Morgan fingerprint density at radius 2 is 1.70 bits per heavy atom. The van der Waals surface area contributed by atoms with Crippen molar-refractivity contribution in [2.75, 3.05) is 0 Å². The molecule has 0 aliphatic heterocycles. The lowest BCUT2D eigenvalue weighted by atomic mass is 10.0. The van der Waals surface area contributed by atoms with Crippen molar-refractivity contribution >= 4 is 10.9 Å². The monoisotopic (exact) mass is 299 g/mol. The van der Waals surface area contributed by atoms with Gasteiger partial charge in [0, 0.05) is 17.8 Å². The van der Waals surface area contributed by atoms with Crippen LogP contribution in [0, 0.1) is 13.8 Å². The van der Waals surface area contributed by atoms with E-state index in [9.17, 15) is 0 Å². The van der Waals surface area contributed by atoms with Crippen molar-refractivity contribution in [1.82, 2.24) is 14.8 Å². The van der Waals surface area contributed by atoms with Crippen molar-refractivity contribution in [1.29, 1.82) is 0 Å². The molecule has 0 atom stereocenters. The van der Waals surface area contributed by atoms with Crippen LogP contribution in [0.5, 0.6) is 0 Å². The second-order valence-electron chi connectivity index (χ2n) is 5.81. The Labute approximate surface area is 135 Å². The predicted octanol–water partition coefficient (Wildman–Crippen LogP) is 4.70. The number of hydrogen-bond donors (Lipinski definition) is 0. The van der Waals surface area contributed by atoms with Gasteiger partial charge in [0.25, 0.3) is 0 Å². The van der Waals surface area contributed by atoms with Crippen molar-refractivity contribution in [3.63, 3.8) is 0 Å². The minimum atomic E-state index is 1.02. The summed E-state index contributed by atoms with van der Waals surface area (Å²) >= 11 is 0. The Kier molecular flexibility index (Phi) is 3.19. The van der Waals surface area contributed by atoms with E-state index < -0.39 is 0 Å². The van der Waals surface area contributed by atoms with Crippen molar-refractivity contribution in [2.24, 2.45) is 0 Å². The number of hydrogen-bond acceptors (Lipinski definition) is 2. The molecule has 3 heteroatoms. The zero-order chi connectivity index (χ0) is 15.8. The average molecular weight is 299 g/mol. The summed E-state index contributed by atoms with van der Waals surface area (Å²) in [5, 5.41) is 5.69. The molecule has 0 saturated heterocycles. The molecule has 0 spiro atoms. The van der Waals surface area contributed by atoms with Gasteiger partial charge in [-0.2, -0.15) is 5.10 Å². The zero-order valence-electron chi connectivity index (χ0n) is 13.2. The van der Waals surface area contributed by atoms with Gasteiger partial charge in [-0.05, 0) is 54.8 Å². The highest BCUT2D eigenvalue weighted by Gasteiger charge is 2.06. The molecule has 0 aliphatic carbocycles. The summed E-state index contributed by atoms with van der Waals surface area (Å²) in [5.74, 6) is 0. The van der Waals surface area contributed by atoms with E-state index in [4.69, 9.17) is 0 Å². The van der Waals surface area contributed by atoms with Gasteiger partial charge in [0.05, 0.1) is 16.9 Å². The number of benzene rings is 2. The Morgan fingerprint density at radius 1 is 0.870 bits per heavy atom. The lowest BCUT2D eigenvalue weighted by Crippen LogP contribution is -1.98. The molecule has 0 radical (unpaired) electrons. The SMILES string of the molecule is Cc1ccn(-c2cc(-c3ccc4cccnc4c3)ccc2C)n1. The molecule has 3 nitrogen and oxygen atoms in total. The fourth-order valence-electron chi connectivity index (χ4n) is 2.83. The maximum Gasteiger partial charge on any atom is 0.0708 e. The molecular formula is C20H17N3. The largest absolute Gasteiger partial charge is 0.256 e. The lowest BCUT2D eigenvalue weighted by Gasteiger charge is -2.10. The molecule has 0 unspecified atom stereocenters. The minimum absolute atomic E-state index is 1.02. The molecule has 0 aliphatic rings. The molecule has 0 N–H and O–H groups in total. The lowest BCUT2D eigenvalue weighted by molar-refractivity contribution is 0.856. The Hall–Kier alpha value is -2.94. The van der Waals surface area contributed by atoms with E-state index in [1.54, 1.807) is 0 Å². The van der Waals surface area contributed by atoms with Gasteiger partial charge >= 0.3 is 0 Å². The quantitative estimate of drug-likeness (QED) is 0.537. The summed E-state index contributed by atoms with van der Waals surface area (Å²) in [7, 11) is 0. The number of aromatic nitrogens is 3. The molecule has 0 amide bonds. The van der Waals surface area contributed by atoms with Gasteiger partial charge in [0.15, 0.2) is 0 Å². The fraction of sp³-hybridized carbons (Fsp3) is 0.100. The molecule has 0 saturated carbocycles. The topological polar surface area (TPSA) is 30.7 Å². The van der Waals surface area contributed by atoms with Gasteiger partial charge in [-0.1, -0.05) is 30.3 Å². The molecule has 2 aromatic heterocycles. The van der Waals surface area contributed by atoms with Crippen LogP contribution in [0.2, 0.25) is 0 Å². The fourth-order valence-corrected chi connectivity index (χ4v) is 2.83. The van der Waals surface area contributed by atoms with Gasteiger partial charge in [0.2, 0.25) is 0 Å². The standard InChI is InChI=1S/C20H17N3/c1-14-5-6-18(13-20(14)23-11-9-15(2)22-23)17-8-7-16-4-3-10-21-19(16)12-17/h3-13H,1-2H3. The first kappa shape index (κ1) is 13.7. The molecule has 112 valence electrons. The maximum atomic E-state index is 4.53. The third-order valence-corrected chi connectivity index (χ3v) is 4.12. The average Bonchev–Trinajstić information content (AvgIpc) is 3.01. The van der Waals surface area contributed by atoms with Crippen molar-refractivity contribution in [3.05, 3.63) is 78.2 Å². The second-order valence-corrected chi connectivity index (χ2v) is 5.81. The third kappa shape index (κ3) is 2.50. The molecule has 4 aromatic rings. The van der Waals surface area contributed by atoms with Crippen LogP contribution in [-0.4, -0.2) is 14.8 Å². The third-order valence-electron chi connectivity index (χ3n) is 4.12. The van der Waals surface area contributed by atoms with E-state index in [0.717, 1.165) is 22.3 Å². The number of rotatable bonds is 2. The van der Waals surface area contributed by atoms with Crippen LogP contribution in [0.25, 0.3) is 27.7 Å². The Morgan fingerprint density at radius 3 is 2.52 bits per heavy atom. The highest BCUT2D eigenvalue weighted by Crippen LogP contribution is 2.26. The first-order valence-corrected chi connectivity index (χ1v) is 7.69. The van der Waals surface area contributed by atoms with E-state index in [-0.39, 0.29) is 0 Å². The van der Waals surface area contributed by atoms with Gasteiger partial charge < -0.3 is 0 Å². The van der Waals surface area contributed by atoms with E-state index in [1.807, 2.05) is 36.1 Å². The van der Waals surface area contributed by atoms with E-state index in [0.29, 0.717) is 0 Å². The van der Waals surface area contributed by atoms with Crippen LogP contribution in [0.15, 0.2) is 67.0 Å². The Bertz CT molecular complexity index is 999. The van der Waals surface area contributed by atoms with Gasteiger partial charge in [-0.25, -0.2) is 4.68 Å². The highest BCUT2D eigenvalue weighted by molar-refractivity contribution is 5.84. The first-order valence-electron chi connectivity index (χ1n) is 7.69. The molecule has 2 aromatic carbocycles. The van der Waals surface area contributed by atoms with Crippen LogP contribution in [-0.2, 0) is 0 Å². The van der Waals surface area contributed by atoms with E-state index in [2.05, 4.69) is 59.5 Å². The molecule has 0 bridgehead atoms. The van der Waals surface area contributed by atoms with Gasteiger partial charge in [-0.15, -0.1) is 0 Å². The Balaban J connectivity index is 1.84. The van der Waals surface area contributed by atoms with Gasteiger partial charge in [-0.3, -0.25) is 4.98 Å². The van der Waals surface area contributed by atoms with Crippen molar-refractivity contribution in [2.45, 2.75) is 13.8 Å². The van der Waals surface area contributed by atoms with Crippen LogP contribution in [0.1, 0.15) is 11.3 Å². The van der Waals surface area contributed by atoms with Crippen LogP contribution in [0.3, 0.4) is 0 Å². The molecule has 23 heavy (non-hydrogen) atoms. The summed E-state index contributed by atoms with van der Waals surface area (Å²) in [5.41, 5.74) is 6.69. The summed E-state index contributed by atoms with van der Waals surface area (Å²) in [6.07, 6.45) is 3.84. The van der Waals surface area contributed by atoms with Crippen molar-refractivity contribution in [3.8, 4) is 16.8 Å². The molecule has 4 rings (SSSR count). The van der Waals surface area contributed by atoms with E-state index in [1.165, 1.54) is 16.7 Å².